The van der Waals surface area contributed by atoms with Crippen LogP contribution in [0, 0.1) is 11.3 Å². The molecule has 4 aromatic rings. The molecule has 5 nitrogen and oxygen atoms in total. The number of carbonyl (C=O) groups excluding carboxylic acids is 2. The van der Waals surface area contributed by atoms with Gasteiger partial charge in [0.2, 0.25) is 5.71 Å². The molecule has 0 atom stereocenters. The van der Waals surface area contributed by atoms with E-state index in [1.54, 1.807) is 24.3 Å². The fourth-order valence-corrected chi connectivity index (χ4v) is 4.43. The number of thiazole rings is 1. The largest absolute Gasteiger partial charge is 0.437 e. The van der Waals surface area contributed by atoms with E-state index < -0.39 is 11.6 Å². The van der Waals surface area contributed by atoms with Crippen molar-refractivity contribution < 1.29 is 14.0 Å². The lowest BCUT2D eigenvalue weighted by atomic mass is 10.1. The molecule has 0 unspecified atom stereocenters. The van der Waals surface area contributed by atoms with Crippen molar-refractivity contribution >= 4 is 62.6 Å². The average Bonchev–Trinajstić information content (AvgIpc) is 3.37. The SMILES string of the molecule is N#Cc1ccc(-c2cc3sc(C=C4C(=O)c5cc(Cl)c(Cl)cc5C4=O)nc3o2)cc1. The van der Waals surface area contributed by atoms with Gasteiger partial charge in [0.1, 0.15) is 10.8 Å². The van der Waals surface area contributed by atoms with E-state index in [2.05, 4.69) is 11.1 Å². The lowest BCUT2D eigenvalue weighted by molar-refractivity contribution is 0.0990. The summed E-state index contributed by atoms with van der Waals surface area (Å²) in [6.45, 7) is 0. The van der Waals surface area contributed by atoms with Gasteiger partial charge in [0.25, 0.3) is 0 Å². The van der Waals surface area contributed by atoms with Crippen LogP contribution in [0.15, 0.2) is 52.5 Å². The molecule has 2 heterocycles. The molecule has 30 heavy (non-hydrogen) atoms. The van der Waals surface area contributed by atoms with Gasteiger partial charge in [-0.15, -0.1) is 11.3 Å². The van der Waals surface area contributed by atoms with Crippen LogP contribution < -0.4 is 0 Å². The van der Waals surface area contributed by atoms with E-state index in [0.29, 0.717) is 22.0 Å². The number of rotatable bonds is 2. The quantitative estimate of drug-likeness (QED) is 0.268. The Kier molecular flexibility index (Phi) is 4.33. The Morgan fingerprint density at radius 3 is 2.20 bits per heavy atom. The van der Waals surface area contributed by atoms with Crippen LogP contribution >= 0.6 is 34.5 Å². The second-order valence-electron chi connectivity index (χ2n) is 6.55. The number of hydrogen-bond donors (Lipinski definition) is 0. The first-order chi connectivity index (χ1) is 14.4. The van der Waals surface area contributed by atoms with Gasteiger partial charge < -0.3 is 4.42 Å². The Balaban J connectivity index is 1.49. The van der Waals surface area contributed by atoms with E-state index in [0.717, 1.165) is 10.3 Å². The predicted octanol–water partition coefficient (Wildman–Crippen LogP) is 6.20. The summed E-state index contributed by atoms with van der Waals surface area (Å²) in [5, 5.41) is 9.83. The molecule has 0 spiro atoms. The highest BCUT2D eigenvalue weighted by Crippen LogP contribution is 2.36. The van der Waals surface area contributed by atoms with Gasteiger partial charge in [-0.1, -0.05) is 23.2 Å². The Morgan fingerprint density at radius 1 is 1.00 bits per heavy atom. The summed E-state index contributed by atoms with van der Waals surface area (Å²) < 4.78 is 6.58. The number of aromatic nitrogens is 1. The van der Waals surface area contributed by atoms with Crippen LogP contribution in [0.25, 0.3) is 27.8 Å². The number of nitriles is 1. The summed E-state index contributed by atoms with van der Waals surface area (Å²) in [6, 6.07) is 13.8. The molecule has 0 saturated heterocycles. The Labute approximate surface area is 183 Å². The molecule has 0 radical (unpaired) electrons. The topological polar surface area (TPSA) is 84.0 Å². The van der Waals surface area contributed by atoms with Crippen LogP contribution in [-0.2, 0) is 0 Å². The molecule has 0 N–H and O–H groups in total. The van der Waals surface area contributed by atoms with Crippen molar-refractivity contribution in [1.29, 1.82) is 5.26 Å². The highest BCUT2D eigenvalue weighted by molar-refractivity contribution is 7.19. The zero-order valence-corrected chi connectivity index (χ0v) is 17.2. The van der Waals surface area contributed by atoms with Gasteiger partial charge in [0.15, 0.2) is 11.6 Å². The Morgan fingerprint density at radius 2 is 1.63 bits per heavy atom. The number of fused-ring (bicyclic) bond motifs is 2. The standard InChI is InChI=1S/C22H8Cl2N2O3S/c23-15-5-12-13(6-16(15)24)21(28)14(20(12)27)7-19-26-22-18(30-19)8-17(29-22)11-3-1-10(9-25)2-4-11/h1-8H. The lowest BCUT2D eigenvalue weighted by Crippen LogP contribution is -2.00. The van der Waals surface area contributed by atoms with Crippen molar-refractivity contribution in [2.45, 2.75) is 0 Å². The molecule has 0 saturated carbocycles. The van der Waals surface area contributed by atoms with Crippen LogP contribution in [0.2, 0.25) is 10.0 Å². The maximum atomic E-state index is 12.7. The van der Waals surface area contributed by atoms with Crippen molar-refractivity contribution in [2.24, 2.45) is 0 Å². The van der Waals surface area contributed by atoms with E-state index in [9.17, 15) is 9.59 Å². The van der Waals surface area contributed by atoms with Crippen LogP contribution in [-0.4, -0.2) is 16.6 Å². The number of ketones is 2. The molecule has 2 aromatic heterocycles. The van der Waals surface area contributed by atoms with Crippen molar-refractivity contribution in [3.8, 4) is 17.4 Å². The number of allylic oxidation sites excluding steroid dienone is 1. The number of halogens is 2. The number of Topliss-reactive ketones (excluding diaryl/α,β-unsaturated/α-hetero) is 2. The summed E-state index contributed by atoms with van der Waals surface area (Å²) in [6.07, 6.45) is 1.47. The van der Waals surface area contributed by atoms with E-state index in [-0.39, 0.29) is 26.7 Å². The van der Waals surface area contributed by atoms with Gasteiger partial charge in [-0.25, -0.2) is 4.98 Å². The number of hydrogen-bond acceptors (Lipinski definition) is 6. The highest BCUT2D eigenvalue weighted by Gasteiger charge is 2.34. The Hall–Kier alpha value is -3.24. The van der Waals surface area contributed by atoms with Crippen LogP contribution in [0.5, 0.6) is 0 Å². The maximum Gasteiger partial charge on any atom is 0.238 e. The summed E-state index contributed by atoms with van der Waals surface area (Å²) in [5.74, 6) is -0.186. The van der Waals surface area contributed by atoms with Crippen LogP contribution in [0.4, 0.5) is 0 Å². The third kappa shape index (κ3) is 2.96. The maximum absolute atomic E-state index is 12.7. The van der Waals surface area contributed by atoms with Crippen molar-refractivity contribution in [2.75, 3.05) is 0 Å². The third-order valence-electron chi connectivity index (χ3n) is 4.71. The second kappa shape index (κ2) is 6.92. The van der Waals surface area contributed by atoms with Crippen molar-refractivity contribution in [3.05, 3.63) is 79.8 Å². The molecular weight excluding hydrogens is 443 g/mol. The van der Waals surface area contributed by atoms with Gasteiger partial charge in [-0.3, -0.25) is 9.59 Å². The highest BCUT2D eigenvalue weighted by atomic mass is 35.5. The molecule has 2 aromatic carbocycles. The molecular formula is C22H8Cl2N2O3S. The summed E-state index contributed by atoms with van der Waals surface area (Å²) in [4.78, 5) is 29.7. The summed E-state index contributed by atoms with van der Waals surface area (Å²) >= 11 is 13.3. The first kappa shape index (κ1) is 18.8. The van der Waals surface area contributed by atoms with Gasteiger partial charge in [-0.2, -0.15) is 5.26 Å². The average molecular weight is 451 g/mol. The van der Waals surface area contributed by atoms with Gasteiger partial charge in [0.05, 0.1) is 32.0 Å². The van der Waals surface area contributed by atoms with E-state index >= 15 is 0 Å². The first-order valence-corrected chi connectivity index (χ1v) is 10.2. The van der Waals surface area contributed by atoms with E-state index in [1.165, 1.54) is 29.5 Å². The monoisotopic (exact) mass is 450 g/mol. The third-order valence-corrected chi connectivity index (χ3v) is 6.36. The zero-order valence-electron chi connectivity index (χ0n) is 14.9. The second-order valence-corrected chi connectivity index (χ2v) is 8.43. The normalized spacial score (nSPS) is 13.0. The molecule has 0 fully saturated rings. The fraction of sp³-hybridized carbons (Fsp3) is 0. The van der Waals surface area contributed by atoms with Crippen LogP contribution in [0.3, 0.4) is 0 Å². The number of nitrogens with zero attached hydrogens (tertiary/aromatic N) is 2. The van der Waals surface area contributed by atoms with Crippen molar-refractivity contribution in [1.82, 2.24) is 4.98 Å². The molecule has 144 valence electrons. The minimum atomic E-state index is -0.404. The fourth-order valence-electron chi connectivity index (χ4n) is 3.23. The summed E-state index contributed by atoms with van der Waals surface area (Å²) in [7, 11) is 0. The predicted molar refractivity (Wildman–Crippen MR) is 115 cm³/mol. The number of benzene rings is 2. The lowest BCUT2D eigenvalue weighted by Gasteiger charge is -1.98. The number of furan rings is 1. The van der Waals surface area contributed by atoms with Crippen molar-refractivity contribution in [3.63, 3.8) is 0 Å². The number of carbonyl (C=O) groups is 2. The summed E-state index contributed by atoms with van der Waals surface area (Å²) in [5.41, 5.74) is 2.30. The van der Waals surface area contributed by atoms with E-state index in [1.807, 2.05) is 6.07 Å². The smallest absolute Gasteiger partial charge is 0.238 e. The molecule has 5 rings (SSSR count). The molecule has 8 heteroatoms. The van der Waals surface area contributed by atoms with Gasteiger partial charge in [-0.05, 0) is 42.5 Å². The minimum Gasteiger partial charge on any atom is -0.437 e. The van der Waals surface area contributed by atoms with Gasteiger partial charge in [0, 0.05) is 22.8 Å². The van der Waals surface area contributed by atoms with E-state index in [4.69, 9.17) is 32.9 Å². The zero-order chi connectivity index (χ0) is 21.0. The molecule has 0 bridgehead atoms. The Bertz CT molecular complexity index is 1380. The minimum absolute atomic E-state index is 0.0204. The molecule has 1 aliphatic carbocycles. The first-order valence-electron chi connectivity index (χ1n) is 8.65. The molecule has 0 amide bonds. The van der Waals surface area contributed by atoms with Crippen LogP contribution in [0.1, 0.15) is 31.3 Å². The molecule has 0 aliphatic heterocycles. The van der Waals surface area contributed by atoms with Gasteiger partial charge >= 0.3 is 0 Å². The molecule has 1 aliphatic rings.